The summed E-state index contributed by atoms with van der Waals surface area (Å²) in [7, 11) is 0. The molecule has 0 radical (unpaired) electrons. The van der Waals surface area contributed by atoms with Crippen molar-refractivity contribution < 1.29 is 19.2 Å². The minimum atomic E-state index is -0.730. The highest BCUT2D eigenvalue weighted by atomic mass is 32.2. The maximum Gasteiger partial charge on any atom is 0.341 e. The first-order valence-electron chi connectivity index (χ1n) is 12.2. The number of nitrogens with one attached hydrogen (secondary N) is 1. The number of fused-ring (bicyclic) bond motifs is 1. The van der Waals surface area contributed by atoms with Gasteiger partial charge in [-0.15, -0.1) is 11.3 Å². The van der Waals surface area contributed by atoms with Crippen molar-refractivity contribution in [3.05, 3.63) is 72.9 Å². The SMILES string of the molecule is CCOC(=O)c1c(NC(=O)/C(C#N)=C\c2cc([N+](=O)[O-])ccc2Sc2nc(C)cc(C)n2)sc2c1CCCC2. The summed E-state index contributed by atoms with van der Waals surface area (Å²) in [5.74, 6) is -1.24. The molecule has 12 heteroatoms. The van der Waals surface area contributed by atoms with Crippen LogP contribution in [-0.2, 0) is 22.4 Å². The second-order valence-corrected chi connectivity index (χ2v) is 10.9. The van der Waals surface area contributed by atoms with Gasteiger partial charge in [0.05, 0.1) is 17.1 Å². The molecule has 3 aromatic rings. The van der Waals surface area contributed by atoms with Crippen molar-refractivity contribution in [1.29, 1.82) is 5.26 Å². The Morgan fingerprint density at radius 2 is 1.95 bits per heavy atom. The van der Waals surface area contributed by atoms with Crippen molar-refractivity contribution in [2.24, 2.45) is 0 Å². The fraction of sp³-hybridized carbons (Fsp3) is 0.296. The summed E-state index contributed by atoms with van der Waals surface area (Å²) >= 11 is 2.48. The second-order valence-electron chi connectivity index (χ2n) is 8.77. The number of nitrogens with zero attached hydrogens (tertiary/aromatic N) is 4. The van der Waals surface area contributed by atoms with Crippen molar-refractivity contribution in [2.75, 3.05) is 11.9 Å². The van der Waals surface area contributed by atoms with Crippen LogP contribution in [0.1, 0.15) is 57.5 Å². The second kappa shape index (κ2) is 12.2. The molecule has 2 aromatic heterocycles. The van der Waals surface area contributed by atoms with Gasteiger partial charge < -0.3 is 10.1 Å². The van der Waals surface area contributed by atoms with Crippen LogP contribution in [0.2, 0.25) is 0 Å². The number of rotatable bonds is 8. The smallest absolute Gasteiger partial charge is 0.341 e. The molecule has 1 amide bonds. The van der Waals surface area contributed by atoms with E-state index >= 15 is 0 Å². The van der Waals surface area contributed by atoms with Crippen LogP contribution in [0.4, 0.5) is 10.7 Å². The minimum Gasteiger partial charge on any atom is -0.462 e. The van der Waals surface area contributed by atoms with Crippen LogP contribution in [0.3, 0.4) is 0 Å². The topological polar surface area (TPSA) is 148 Å². The zero-order valence-electron chi connectivity index (χ0n) is 21.6. The molecule has 0 unspecified atom stereocenters. The number of nitro groups is 1. The lowest BCUT2D eigenvalue weighted by Crippen LogP contribution is -2.16. The predicted molar refractivity (Wildman–Crippen MR) is 148 cm³/mol. The van der Waals surface area contributed by atoms with Crippen LogP contribution in [0.5, 0.6) is 0 Å². The number of hydrogen-bond donors (Lipinski definition) is 1. The molecule has 10 nitrogen and oxygen atoms in total. The molecule has 1 aliphatic carbocycles. The largest absolute Gasteiger partial charge is 0.462 e. The number of benzene rings is 1. The monoisotopic (exact) mass is 563 g/mol. The number of anilines is 1. The molecule has 0 aliphatic heterocycles. The number of non-ortho nitro benzene ring substituents is 1. The van der Waals surface area contributed by atoms with E-state index in [1.165, 1.54) is 47.4 Å². The molecule has 0 bridgehead atoms. The first-order valence-corrected chi connectivity index (χ1v) is 13.9. The highest BCUT2D eigenvalue weighted by Gasteiger charge is 2.28. The number of nitriles is 1. The maximum absolute atomic E-state index is 13.3. The summed E-state index contributed by atoms with van der Waals surface area (Å²) in [6.07, 6.45) is 4.74. The van der Waals surface area contributed by atoms with Crippen molar-refractivity contribution in [2.45, 2.75) is 56.5 Å². The Morgan fingerprint density at radius 1 is 1.23 bits per heavy atom. The molecule has 39 heavy (non-hydrogen) atoms. The van der Waals surface area contributed by atoms with E-state index in [4.69, 9.17) is 4.74 Å². The number of aryl methyl sites for hydroxylation is 3. The number of nitro benzene ring substituents is 1. The van der Waals surface area contributed by atoms with Gasteiger partial charge >= 0.3 is 5.97 Å². The normalized spacial score (nSPS) is 12.8. The Morgan fingerprint density at radius 3 is 2.62 bits per heavy atom. The Bertz CT molecular complexity index is 1520. The van der Waals surface area contributed by atoms with Crippen molar-refractivity contribution >= 4 is 51.7 Å². The number of ether oxygens (including phenoxy) is 1. The number of amides is 1. The third kappa shape index (κ3) is 6.50. The Kier molecular flexibility index (Phi) is 8.73. The summed E-state index contributed by atoms with van der Waals surface area (Å²) in [5.41, 5.74) is 2.56. The van der Waals surface area contributed by atoms with Crippen LogP contribution in [0, 0.1) is 35.3 Å². The first kappa shape index (κ1) is 27.9. The van der Waals surface area contributed by atoms with E-state index in [0.717, 1.165) is 41.1 Å². The molecular formula is C27H25N5O5S2. The number of carbonyl (C=O) groups is 2. The highest BCUT2D eigenvalue weighted by Crippen LogP contribution is 2.39. The van der Waals surface area contributed by atoms with Crippen LogP contribution >= 0.6 is 23.1 Å². The molecule has 0 fully saturated rings. The van der Waals surface area contributed by atoms with E-state index in [0.29, 0.717) is 32.6 Å². The Balaban J connectivity index is 1.71. The standard InChI is InChI=1S/C27H25N5O5S2/c1-4-37-26(34)23-20-7-5-6-8-22(20)38-25(23)31-24(33)18(14-28)12-17-13-19(32(35)36)9-10-21(17)39-27-29-15(2)11-16(3)30-27/h9-13H,4-8H2,1-3H3,(H,31,33)/b18-12-. The van der Waals surface area contributed by atoms with E-state index in [-0.39, 0.29) is 17.9 Å². The van der Waals surface area contributed by atoms with Gasteiger partial charge in [-0.05, 0) is 87.6 Å². The zero-order chi connectivity index (χ0) is 28.1. The van der Waals surface area contributed by atoms with Crippen molar-refractivity contribution in [1.82, 2.24) is 9.97 Å². The molecule has 1 aromatic carbocycles. The minimum absolute atomic E-state index is 0.192. The third-order valence-electron chi connectivity index (χ3n) is 5.91. The van der Waals surface area contributed by atoms with Gasteiger partial charge in [-0.25, -0.2) is 14.8 Å². The maximum atomic E-state index is 13.3. The fourth-order valence-electron chi connectivity index (χ4n) is 4.24. The van der Waals surface area contributed by atoms with Crippen LogP contribution in [0.15, 0.2) is 39.9 Å². The van der Waals surface area contributed by atoms with Crippen LogP contribution in [0.25, 0.3) is 6.08 Å². The molecule has 1 aliphatic rings. The van der Waals surface area contributed by atoms with Gasteiger partial charge in [-0.2, -0.15) is 5.26 Å². The van der Waals surface area contributed by atoms with Crippen molar-refractivity contribution in [3.63, 3.8) is 0 Å². The molecule has 2 heterocycles. The molecule has 0 atom stereocenters. The van der Waals surface area contributed by atoms with E-state index in [1.54, 1.807) is 6.92 Å². The van der Waals surface area contributed by atoms with Gasteiger partial charge in [-0.1, -0.05) is 0 Å². The van der Waals surface area contributed by atoms with Gasteiger partial charge in [0.25, 0.3) is 11.6 Å². The quantitative estimate of drug-likeness (QED) is 0.0894. The summed E-state index contributed by atoms with van der Waals surface area (Å²) in [4.78, 5) is 47.3. The van der Waals surface area contributed by atoms with Gasteiger partial charge in [0.2, 0.25) is 0 Å². The van der Waals surface area contributed by atoms with E-state index in [1.807, 2.05) is 26.0 Å². The van der Waals surface area contributed by atoms with Crippen LogP contribution in [-0.4, -0.2) is 33.4 Å². The van der Waals surface area contributed by atoms with Gasteiger partial charge in [0, 0.05) is 33.3 Å². The Labute approximate surface area is 233 Å². The number of thiophene rings is 1. The number of hydrogen-bond acceptors (Lipinski definition) is 10. The first-order chi connectivity index (χ1) is 18.7. The summed E-state index contributed by atoms with van der Waals surface area (Å²) in [5, 5.41) is 24.8. The molecule has 0 spiro atoms. The Hall–Kier alpha value is -4.08. The summed E-state index contributed by atoms with van der Waals surface area (Å²) in [6, 6.07) is 7.89. The molecule has 200 valence electrons. The lowest BCUT2D eigenvalue weighted by atomic mass is 9.95. The predicted octanol–water partition coefficient (Wildman–Crippen LogP) is 5.82. The fourth-order valence-corrected chi connectivity index (χ4v) is 6.46. The van der Waals surface area contributed by atoms with Gasteiger partial charge in [-0.3, -0.25) is 14.9 Å². The lowest BCUT2D eigenvalue weighted by Gasteiger charge is -2.12. The van der Waals surface area contributed by atoms with E-state index < -0.39 is 16.8 Å². The van der Waals surface area contributed by atoms with Gasteiger partial charge in [0.15, 0.2) is 5.16 Å². The van der Waals surface area contributed by atoms with Gasteiger partial charge in [0.1, 0.15) is 16.6 Å². The molecule has 1 N–H and O–H groups in total. The highest BCUT2D eigenvalue weighted by molar-refractivity contribution is 7.99. The van der Waals surface area contributed by atoms with E-state index in [2.05, 4.69) is 15.3 Å². The molecule has 4 rings (SSSR count). The summed E-state index contributed by atoms with van der Waals surface area (Å²) in [6.45, 7) is 5.57. The molecule has 0 saturated carbocycles. The lowest BCUT2D eigenvalue weighted by molar-refractivity contribution is -0.384. The zero-order valence-corrected chi connectivity index (χ0v) is 23.2. The number of aromatic nitrogens is 2. The molecular weight excluding hydrogens is 538 g/mol. The van der Waals surface area contributed by atoms with E-state index in [9.17, 15) is 25.0 Å². The third-order valence-corrected chi connectivity index (χ3v) is 8.07. The average molecular weight is 564 g/mol. The van der Waals surface area contributed by atoms with Crippen molar-refractivity contribution in [3.8, 4) is 6.07 Å². The number of esters is 1. The summed E-state index contributed by atoms with van der Waals surface area (Å²) < 4.78 is 5.24. The van der Waals surface area contributed by atoms with Crippen LogP contribution < -0.4 is 5.32 Å². The number of carbonyl (C=O) groups excluding carboxylic acids is 2. The average Bonchev–Trinajstić information content (AvgIpc) is 3.25. The molecule has 0 saturated heterocycles.